The Bertz CT molecular complexity index is 1190. The summed E-state index contributed by atoms with van der Waals surface area (Å²) < 4.78 is 45.8. The standard InChI is InChI=1S/C22H20F3N3O3S/c23-22(24,25)14-5-3-6-15(11-14)26-19(29)13-32-21-27-18-9-2-1-8-17(18)20(30)28(21)12-16-7-4-10-31-16/h1-3,5-6,8-9,11,16H,4,7,10,12-13H2,(H,26,29). The van der Waals surface area contributed by atoms with Crippen LogP contribution in [0.25, 0.3) is 10.9 Å². The summed E-state index contributed by atoms with van der Waals surface area (Å²) in [5, 5.41) is 3.31. The number of hydrogen-bond acceptors (Lipinski definition) is 5. The zero-order chi connectivity index (χ0) is 22.7. The highest BCUT2D eigenvalue weighted by molar-refractivity contribution is 7.99. The summed E-state index contributed by atoms with van der Waals surface area (Å²) in [6, 6.07) is 11.4. The van der Waals surface area contributed by atoms with Crippen molar-refractivity contribution in [2.45, 2.75) is 36.8 Å². The molecular formula is C22H20F3N3O3S. The molecule has 1 fully saturated rings. The van der Waals surface area contributed by atoms with E-state index in [1.165, 1.54) is 16.7 Å². The van der Waals surface area contributed by atoms with Gasteiger partial charge in [-0.15, -0.1) is 0 Å². The van der Waals surface area contributed by atoms with Crippen molar-refractivity contribution in [3.8, 4) is 0 Å². The predicted molar refractivity (Wildman–Crippen MR) is 116 cm³/mol. The van der Waals surface area contributed by atoms with Gasteiger partial charge in [0, 0.05) is 12.3 Å². The Kier molecular flexibility index (Phi) is 6.52. The summed E-state index contributed by atoms with van der Waals surface area (Å²) in [4.78, 5) is 30.0. The number of carbonyl (C=O) groups is 1. The Morgan fingerprint density at radius 2 is 2.03 bits per heavy atom. The molecule has 2 heterocycles. The molecule has 0 saturated carbocycles. The van der Waals surface area contributed by atoms with Crippen LogP contribution in [0.15, 0.2) is 58.5 Å². The van der Waals surface area contributed by atoms with E-state index in [4.69, 9.17) is 4.74 Å². The summed E-state index contributed by atoms with van der Waals surface area (Å²) in [6.45, 7) is 0.969. The Labute approximate surface area is 185 Å². The van der Waals surface area contributed by atoms with E-state index in [1.807, 2.05) is 0 Å². The van der Waals surface area contributed by atoms with Crippen molar-refractivity contribution in [1.82, 2.24) is 9.55 Å². The van der Waals surface area contributed by atoms with Gasteiger partial charge >= 0.3 is 6.18 Å². The van der Waals surface area contributed by atoms with E-state index in [0.29, 0.717) is 29.2 Å². The van der Waals surface area contributed by atoms with Crippen molar-refractivity contribution >= 4 is 34.3 Å². The molecule has 1 aliphatic heterocycles. The van der Waals surface area contributed by atoms with Crippen molar-refractivity contribution in [1.29, 1.82) is 0 Å². The lowest BCUT2D eigenvalue weighted by molar-refractivity contribution is -0.137. The van der Waals surface area contributed by atoms with Gasteiger partial charge in [0.15, 0.2) is 5.16 Å². The van der Waals surface area contributed by atoms with Crippen LogP contribution >= 0.6 is 11.8 Å². The number of anilines is 1. The molecule has 1 aliphatic rings. The van der Waals surface area contributed by atoms with Gasteiger partial charge in [0.1, 0.15) is 0 Å². The first kappa shape index (κ1) is 22.3. The van der Waals surface area contributed by atoms with E-state index in [2.05, 4.69) is 10.3 Å². The summed E-state index contributed by atoms with van der Waals surface area (Å²) in [5.74, 6) is -0.618. The Balaban J connectivity index is 1.53. The second-order valence-electron chi connectivity index (χ2n) is 7.38. The van der Waals surface area contributed by atoms with Gasteiger partial charge < -0.3 is 10.1 Å². The van der Waals surface area contributed by atoms with Crippen molar-refractivity contribution in [3.63, 3.8) is 0 Å². The first-order valence-corrected chi connectivity index (χ1v) is 11.0. The van der Waals surface area contributed by atoms with Gasteiger partial charge in [-0.3, -0.25) is 14.2 Å². The smallest absolute Gasteiger partial charge is 0.376 e. The van der Waals surface area contributed by atoms with Crippen LogP contribution in [0.2, 0.25) is 0 Å². The van der Waals surface area contributed by atoms with E-state index >= 15 is 0 Å². The number of hydrogen-bond donors (Lipinski definition) is 1. The van der Waals surface area contributed by atoms with Gasteiger partial charge in [-0.25, -0.2) is 4.98 Å². The minimum absolute atomic E-state index is 0.0497. The number of ether oxygens (including phenoxy) is 1. The molecule has 1 N–H and O–H groups in total. The lowest BCUT2D eigenvalue weighted by Gasteiger charge is -2.16. The van der Waals surface area contributed by atoms with Gasteiger partial charge in [0.05, 0.1) is 34.9 Å². The highest BCUT2D eigenvalue weighted by Gasteiger charge is 2.30. The normalized spacial score (nSPS) is 16.4. The fourth-order valence-corrected chi connectivity index (χ4v) is 4.32. The largest absolute Gasteiger partial charge is 0.416 e. The molecule has 10 heteroatoms. The van der Waals surface area contributed by atoms with Crippen molar-refractivity contribution in [3.05, 3.63) is 64.4 Å². The highest BCUT2D eigenvalue weighted by atomic mass is 32.2. The minimum atomic E-state index is -4.50. The fourth-order valence-electron chi connectivity index (χ4n) is 3.51. The van der Waals surface area contributed by atoms with Gasteiger partial charge in [-0.2, -0.15) is 13.2 Å². The van der Waals surface area contributed by atoms with E-state index in [-0.39, 0.29) is 23.1 Å². The maximum absolute atomic E-state index is 13.1. The molecule has 2 aromatic carbocycles. The van der Waals surface area contributed by atoms with Crippen LogP contribution in [0.4, 0.5) is 18.9 Å². The molecular weight excluding hydrogens is 443 g/mol. The number of para-hydroxylation sites is 1. The maximum Gasteiger partial charge on any atom is 0.416 e. The highest BCUT2D eigenvalue weighted by Crippen LogP contribution is 2.30. The number of amides is 1. The lowest BCUT2D eigenvalue weighted by Crippen LogP contribution is -2.29. The molecule has 0 aliphatic carbocycles. The summed E-state index contributed by atoms with van der Waals surface area (Å²) in [6.07, 6.45) is -2.85. The van der Waals surface area contributed by atoms with Gasteiger partial charge in [-0.05, 0) is 43.2 Å². The van der Waals surface area contributed by atoms with Gasteiger partial charge in [-0.1, -0.05) is 30.0 Å². The molecule has 1 saturated heterocycles. The number of halogens is 3. The zero-order valence-corrected chi connectivity index (χ0v) is 17.7. The number of benzene rings is 2. The Hall–Kier alpha value is -2.85. The van der Waals surface area contributed by atoms with Crippen LogP contribution in [0.1, 0.15) is 18.4 Å². The van der Waals surface area contributed by atoms with Crippen molar-refractivity contribution in [2.75, 3.05) is 17.7 Å². The van der Waals surface area contributed by atoms with E-state index in [0.717, 1.165) is 36.7 Å². The minimum Gasteiger partial charge on any atom is -0.376 e. The average Bonchev–Trinajstić information content (AvgIpc) is 3.27. The zero-order valence-electron chi connectivity index (χ0n) is 16.9. The molecule has 6 nitrogen and oxygen atoms in total. The SMILES string of the molecule is O=C(CSc1nc2ccccc2c(=O)n1CC1CCCO1)Nc1cccc(C(F)(F)F)c1. The van der Waals surface area contributed by atoms with Gasteiger partial charge in [0.2, 0.25) is 5.91 Å². The lowest BCUT2D eigenvalue weighted by atomic mass is 10.2. The monoisotopic (exact) mass is 463 g/mol. The molecule has 1 aromatic heterocycles. The Morgan fingerprint density at radius 3 is 2.78 bits per heavy atom. The number of alkyl halides is 3. The van der Waals surface area contributed by atoms with E-state index < -0.39 is 17.6 Å². The third kappa shape index (κ3) is 5.13. The van der Waals surface area contributed by atoms with Gasteiger partial charge in [0.25, 0.3) is 5.56 Å². The van der Waals surface area contributed by atoms with Crippen LogP contribution < -0.4 is 10.9 Å². The molecule has 3 aromatic rings. The third-order valence-electron chi connectivity index (χ3n) is 5.04. The molecule has 1 unspecified atom stereocenters. The predicted octanol–water partition coefficient (Wildman–Crippen LogP) is 4.33. The molecule has 4 rings (SSSR count). The first-order valence-electron chi connectivity index (χ1n) is 10.0. The van der Waals surface area contributed by atoms with E-state index in [9.17, 15) is 22.8 Å². The molecule has 168 valence electrons. The fraction of sp³-hybridized carbons (Fsp3) is 0.318. The van der Waals surface area contributed by atoms with Crippen LogP contribution in [-0.2, 0) is 22.3 Å². The van der Waals surface area contributed by atoms with Crippen LogP contribution in [-0.4, -0.2) is 33.9 Å². The first-order chi connectivity index (χ1) is 15.3. The van der Waals surface area contributed by atoms with Crippen LogP contribution in [0.5, 0.6) is 0 Å². The van der Waals surface area contributed by atoms with Crippen molar-refractivity contribution in [2.24, 2.45) is 0 Å². The second-order valence-corrected chi connectivity index (χ2v) is 8.32. The average molecular weight is 463 g/mol. The number of rotatable bonds is 6. The topological polar surface area (TPSA) is 73.2 Å². The molecule has 1 amide bonds. The van der Waals surface area contributed by atoms with E-state index in [1.54, 1.807) is 24.3 Å². The number of nitrogens with zero attached hydrogens (tertiary/aromatic N) is 2. The number of fused-ring (bicyclic) bond motifs is 1. The summed E-state index contributed by atoms with van der Waals surface area (Å²) in [7, 11) is 0. The molecule has 0 bridgehead atoms. The third-order valence-corrected chi connectivity index (χ3v) is 6.02. The molecule has 1 atom stereocenters. The number of carbonyl (C=O) groups excluding carboxylic acids is 1. The second kappa shape index (κ2) is 9.33. The number of aromatic nitrogens is 2. The molecule has 32 heavy (non-hydrogen) atoms. The quantitative estimate of drug-likeness (QED) is 0.435. The number of nitrogens with one attached hydrogen (secondary N) is 1. The van der Waals surface area contributed by atoms with Crippen molar-refractivity contribution < 1.29 is 22.7 Å². The summed E-state index contributed by atoms with van der Waals surface area (Å²) in [5.41, 5.74) is -0.494. The van der Waals surface area contributed by atoms with Crippen LogP contribution in [0.3, 0.4) is 0 Å². The van der Waals surface area contributed by atoms with Crippen LogP contribution in [0, 0.1) is 0 Å². The summed E-state index contributed by atoms with van der Waals surface area (Å²) >= 11 is 1.06. The Morgan fingerprint density at radius 1 is 1.22 bits per heavy atom. The molecule has 0 spiro atoms. The maximum atomic E-state index is 13.1. The number of thioether (sulfide) groups is 1. The molecule has 0 radical (unpaired) electrons.